The summed E-state index contributed by atoms with van der Waals surface area (Å²) >= 11 is 0. The molecule has 0 fully saturated rings. The lowest BCUT2D eigenvalue weighted by Gasteiger charge is -2.19. The average Bonchev–Trinajstić information content (AvgIpc) is 3.33. The van der Waals surface area contributed by atoms with Gasteiger partial charge in [0, 0.05) is 29.1 Å². The van der Waals surface area contributed by atoms with Crippen LogP contribution in [0.5, 0.6) is 0 Å². The normalized spacial score (nSPS) is 11.3. The van der Waals surface area contributed by atoms with E-state index in [0.717, 1.165) is 55.3 Å². The molecule has 0 unspecified atom stereocenters. The fraction of sp³-hybridized carbons (Fsp3) is 0. The molecule has 280 valence electrons. The van der Waals surface area contributed by atoms with Crippen molar-refractivity contribution < 1.29 is 0 Å². The van der Waals surface area contributed by atoms with Gasteiger partial charge in [-0.05, 0) is 89.0 Å². The minimum atomic E-state index is 0.609. The molecule has 4 heteroatoms. The van der Waals surface area contributed by atoms with E-state index >= 15 is 0 Å². The summed E-state index contributed by atoms with van der Waals surface area (Å²) in [7, 11) is 0. The number of aromatic nitrogens is 4. The zero-order chi connectivity index (χ0) is 39.8. The monoisotopic (exact) mass is 764 g/mol. The third-order valence-corrected chi connectivity index (χ3v) is 11.5. The molecule has 0 saturated carbocycles. The van der Waals surface area contributed by atoms with E-state index in [2.05, 4.69) is 199 Å². The summed E-state index contributed by atoms with van der Waals surface area (Å²) in [5.74, 6) is 1.84. The summed E-state index contributed by atoms with van der Waals surface area (Å²) in [5, 5.41) is 7.08. The van der Waals surface area contributed by atoms with Crippen molar-refractivity contribution in [2.45, 2.75) is 0 Å². The first kappa shape index (κ1) is 35.1. The van der Waals surface area contributed by atoms with Gasteiger partial charge in [0.1, 0.15) is 0 Å². The van der Waals surface area contributed by atoms with Crippen LogP contribution in [-0.4, -0.2) is 19.9 Å². The first-order valence-corrected chi connectivity index (χ1v) is 20.2. The maximum atomic E-state index is 5.32. The lowest BCUT2D eigenvalue weighted by Crippen LogP contribution is -2.02. The van der Waals surface area contributed by atoms with Gasteiger partial charge >= 0.3 is 0 Å². The van der Waals surface area contributed by atoms with Gasteiger partial charge in [0.05, 0.1) is 0 Å². The Morgan fingerprint density at radius 1 is 0.233 bits per heavy atom. The van der Waals surface area contributed by atoms with Gasteiger partial charge in [0.15, 0.2) is 17.5 Å². The Labute approximate surface area is 348 Å². The first-order chi connectivity index (χ1) is 29.8. The maximum absolute atomic E-state index is 5.32. The third-order valence-electron chi connectivity index (χ3n) is 11.5. The van der Waals surface area contributed by atoms with Crippen LogP contribution in [0.15, 0.2) is 219 Å². The zero-order valence-electron chi connectivity index (χ0n) is 32.6. The quantitative estimate of drug-likeness (QED) is 0.152. The Kier molecular flexibility index (Phi) is 8.79. The van der Waals surface area contributed by atoms with Gasteiger partial charge in [-0.3, -0.25) is 4.98 Å². The molecule has 0 radical (unpaired) electrons. The Balaban J connectivity index is 1.14. The number of rotatable bonds is 7. The number of hydrogen-bond donors (Lipinski definition) is 0. The molecule has 0 N–H and O–H groups in total. The van der Waals surface area contributed by atoms with E-state index in [1.54, 1.807) is 6.20 Å². The van der Waals surface area contributed by atoms with Crippen LogP contribution in [0.25, 0.3) is 111 Å². The highest BCUT2D eigenvalue weighted by atomic mass is 15.0. The van der Waals surface area contributed by atoms with Crippen LogP contribution in [0.3, 0.4) is 0 Å². The van der Waals surface area contributed by atoms with Crippen LogP contribution in [0.4, 0.5) is 0 Å². The van der Waals surface area contributed by atoms with Crippen molar-refractivity contribution in [2.75, 3.05) is 0 Å². The van der Waals surface area contributed by atoms with Crippen molar-refractivity contribution in [3.05, 3.63) is 219 Å². The van der Waals surface area contributed by atoms with E-state index in [1.807, 2.05) is 18.3 Å². The molecular formula is C56H36N4. The smallest absolute Gasteiger partial charge is 0.164 e. The predicted octanol–water partition coefficient (Wildman–Crippen LogP) is 14.4. The summed E-state index contributed by atoms with van der Waals surface area (Å²) in [4.78, 5) is 20.1. The van der Waals surface area contributed by atoms with Crippen molar-refractivity contribution in [1.29, 1.82) is 0 Å². The van der Waals surface area contributed by atoms with Gasteiger partial charge in [0.2, 0.25) is 0 Å². The second-order valence-corrected chi connectivity index (χ2v) is 15.0. The standard InChI is InChI=1S/C56H36N4/c1-3-16-38(17-4-1)42-21-7-14-28-50(42)55-58-54(40-31-29-37(30-32-40)41-20-15-35-57-36-41)59-56(60-55)51-34-33-49(43-22-8-9-23-44(43)51)53-47-26-12-10-24-45(47)52(39-18-5-2-6-19-39)46-25-11-13-27-48(46)53/h1-36H. The topological polar surface area (TPSA) is 51.6 Å². The van der Waals surface area contributed by atoms with E-state index in [0.29, 0.717) is 17.5 Å². The van der Waals surface area contributed by atoms with Crippen molar-refractivity contribution in [3.63, 3.8) is 0 Å². The SMILES string of the molecule is c1ccc(-c2ccccc2-c2nc(-c3ccc(-c4cccnc4)cc3)nc(-c3ccc(-c4c5ccccc5c(-c5ccccc5)c5ccccc45)c4ccccc34)n2)cc1. The van der Waals surface area contributed by atoms with Gasteiger partial charge in [-0.15, -0.1) is 0 Å². The van der Waals surface area contributed by atoms with Crippen molar-refractivity contribution in [3.8, 4) is 78.7 Å². The number of hydrogen-bond acceptors (Lipinski definition) is 4. The molecule has 9 aromatic carbocycles. The summed E-state index contributed by atoms with van der Waals surface area (Å²) in [5.41, 5.74) is 11.9. The van der Waals surface area contributed by atoms with E-state index < -0.39 is 0 Å². The molecule has 0 bridgehead atoms. The molecule has 2 heterocycles. The summed E-state index contributed by atoms with van der Waals surface area (Å²) in [6, 6.07) is 72.7. The van der Waals surface area contributed by atoms with Gasteiger partial charge in [-0.2, -0.15) is 0 Å². The van der Waals surface area contributed by atoms with Crippen molar-refractivity contribution in [2.24, 2.45) is 0 Å². The van der Waals surface area contributed by atoms with Crippen LogP contribution in [0.1, 0.15) is 0 Å². The molecule has 0 aliphatic rings. The molecule has 0 spiro atoms. The molecule has 0 amide bonds. The van der Waals surface area contributed by atoms with Crippen LogP contribution >= 0.6 is 0 Å². The summed E-state index contributed by atoms with van der Waals surface area (Å²) in [6.07, 6.45) is 3.67. The van der Waals surface area contributed by atoms with Gasteiger partial charge in [-0.25, -0.2) is 15.0 Å². The Hall–Kier alpha value is -8.08. The fourth-order valence-corrected chi connectivity index (χ4v) is 8.69. The molecule has 11 rings (SSSR count). The van der Waals surface area contributed by atoms with Gasteiger partial charge in [-0.1, -0.05) is 194 Å². The van der Waals surface area contributed by atoms with Crippen LogP contribution < -0.4 is 0 Å². The Morgan fingerprint density at radius 3 is 1.30 bits per heavy atom. The highest BCUT2D eigenvalue weighted by Crippen LogP contribution is 2.46. The van der Waals surface area contributed by atoms with E-state index in [1.165, 1.54) is 38.2 Å². The first-order valence-electron chi connectivity index (χ1n) is 20.2. The van der Waals surface area contributed by atoms with Gasteiger partial charge < -0.3 is 0 Å². The molecule has 0 aliphatic carbocycles. The van der Waals surface area contributed by atoms with Crippen LogP contribution in [0, 0.1) is 0 Å². The lowest BCUT2D eigenvalue weighted by atomic mass is 9.84. The molecule has 0 saturated heterocycles. The summed E-state index contributed by atoms with van der Waals surface area (Å²) in [6.45, 7) is 0. The second-order valence-electron chi connectivity index (χ2n) is 15.0. The van der Waals surface area contributed by atoms with E-state index in [9.17, 15) is 0 Å². The maximum Gasteiger partial charge on any atom is 0.164 e. The van der Waals surface area contributed by atoms with Crippen molar-refractivity contribution in [1.82, 2.24) is 19.9 Å². The third kappa shape index (κ3) is 6.19. The minimum absolute atomic E-state index is 0.609. The largest absolute Gasteiger partial charge is 0.264 e. The number of benzene rings is 9. The predicted molar refractivity (Wildman–Crippen MR) is 248 cm³/mol. The Morgan fingerprint density at radius 2 is 0.683 bits per heavy atom. The van der Waals surface area contributed by atoms with Crippen LogP contribution in [-0.2, 0) is 0 Å². The second kappa shape index (κ2) is 15.0. The van der Waals surface area contributed by atoms with Crippen molar-refractivity contribution >= 4 is 32.3 Å². The number of pyridine rings is 1. The minimum Gasteiger partial charge on any atom is -0.264 e. The number of fused-ring (bicyclic) bond motifs is 3. The molecule has 0 atom stereocenters. The molecule has 4 nitrogen and oxygen atoms in total. The molecule has 60 heavy (non-hydrogen) atoms. The highest BCUT2D eigenvalue weighted by Gasteiger charge is 2.21. The van der Waals surface area contributed by atoms with E-state index in [-0.39, 0.29) is 0 Å². The average molecular weight is 765 g/mol. The highest BCUT2D eigenvalue weighted by molar-refractivity contribution is 6.24. The number of nitrogens with zero attached hydrogens (tertiary/aromatic N) is 4. The molecular weight excluding hydrogens is 729 g/mol. The van der Waals surface area contributed by atoms with Crippen LogP contribution in [0.2, 0.25) is 0 Å². The van der Waals surface area contributed by atoms with Gasteiger partial charge in [0.25, 0.3) is 0 Å². The van der Waals surface area contributed by atoms with E-state index in [4.69, 9.17) is 15.0 Å². The lowest BCUT2D eigenvalue weighted by molar-refractivity contribution is 1.08. The molecule has 0 aliphatic heterocycles. The summed E-state index contributed by atoms with van der Waals surface area (Å²) < 4.78 is 0. The zero-order valence-corrected chi connectivity index (χ0v) is 32.6. The molecule has 2 aromatic heterocycles. The Bertz CT molecular complexity index is 3290. The molecule has 11 aromatic rings. The fourth-order valence-electron chi connectivity index (χ4n) is 8.69.